The first-order chi connectivity index (χ1) is 8.75. The second-order valence-electron chi connectivity index (χ2n) is 3.60. The third-order valence-corrected chi connectivity index (χ3v) is 2.27. The SMILES string of the molecule is O=C(NC(=O)c1ccc[nH]1)OCc1ccccc1. The van der Waals surface area contributed by atoms with Gasteiger partial charge in [0.05, 0.1) is 0 Å². The summed E-state index contributed by atoms with van der Waals surface area (Å²) in [5.74, 6) is -0.516. The summed E-state index contributed by atoms with van der Waals surface area (Å²) in [6.45, 7) is 0.130. The molecule has 2 N–H and O–H groups in total. The van der Waals surface area contributed by atoms with E-state index in [-0.39, 0.29) is 6.61 Å². The van der Waals surface area contributed by atoms with Crippen LogP contribution in [-0.2, 0) is 11.3 Å². The molecule has 2 amide bonds. The topological polar surface area (TPSA) is 71.2 Å². The number of alkyl carbamates (subject to hydrolysis) is 1. The van der Waals surface area contributed by atoms with Crippen LogP contribution in [0.4, 0.5) is 4.79 Å². The number of rotatable bonds is 3. The van der Waals surface area contributed by atoms with E-state index in [1.807, 2.05) is 30.3 Å². The molecule has 5 heteroatoms. The second kappa shape index (κ2) is 5.67. The standard InChI is InChI=1S/C13H12N2O3/c16-12(11-7-4-8-14-11)15-13(17)18-9-10-5-2-1-3-6-10/h1-8,14H,9H2,(H,15,16,17). The Hall–Kier alpha value is -2.56. The molecule has 0 saturated heterocycles. The average molecular weight is 244 g/mol. The molecule has 1 aromatic carbocycles. The number of hydrogen-bond acceptors (Lipinski definition) is 3. The number of hydrogen-bond donors (Lipinski definition) is 2. The van der Waals surface area contributed by atoms with Crippen LogP contribution in [0.3, 0.4) is 0 Å². The molecule has 0 radical (unpaired) electrons. The summed E-state index contributed by atoms with van der Waals surface area (Å²) in [6.07, 6.45) is 0.836. The van der Waals surface area contributed by atoms with E-state index in [9.17, 15) is 9.59 Å². The molecule has 0 aliphatic carbocycles. The molecule has 18 heavy (non-hydrogen) atoms. The van der Waals surface area contributed by atoms with Crippen molar-refractivity contribution >= 4 is 12.0 Å². The van der Waals surface area contributed by atoms with Crippen LogP contribution in [0.25, 0.3) is 0 Å². The van der Waals surface area contributed by atoms with Crippen molar-refractivity contribution < 1.29 is 14.3 Å². The van der Waals surface area contributed by atoms with Gasteiger partial charge in [0.15, 0.2) is 0 Å². The van der Waals surface area contributed by atoms with Crippen molar-refractivity contribution in [3.05, 3.63) is 59.9 Å². The highest BCUT2D eigenvalue weighted by atomic mass is 16.5. The van der Waals surface area contributed by atoms with Crippen molar-refractivity contribution in [1.29, 1.82) is 0 Å². The van der Waals surface area contributed by atoms with Crippen LogP contribution < -0.4 is 5.32 Å². The maximum absolute atomic E-state index is 11.5. The Bertz CT molecular complexity index is 520. The highest BCUT2D eigenvalue weighted by molar-refractivity contribution is 6.01. The summed E-state index contributed by atoms with van der Waals surface area (Å²) < 4.78 is 4.91. The van der Waals surface area contributed by atoms with Crippen molar-refractivity contribution in [2.75, 3.05) is 0 Å². The zero-order valence-electron chi connectivity index (χ0n) is 9.55. The van der Waals surface area contributed by atoms with Gasteiger partial charge in [-0.3, -0.25) is 10.1 Å². The number of H-pyrrole nitrogens is 1. The lowest BCUT2D eigenvalue weighted by Gasteiger charge is -2.05. The fourth-order valence-electron chi connectivity index (χ4n) is 1.39. The van der Waals surface area contributed by atoms with Crippen LogP contribution in [-0.4, -0.2) is 17.0 Å². The summed E-state index contributed by atoms with van der Waals surface area (Å²) in [5, 5.41) is 2.12. The fraction of sp³-hybridized carbons (Fsp3) is 0.0769. The Morgan fingerprint density at radius 2 is 1.89 bits per heavy atom. The van der Waals surface area contributed by atoms with Gasteiger partial charge in [0.2, 0.25) is 0 Å². The van der Waals surface area contributed by atoms with E-state index in [0.29, 0.717) is 5.69 Å². The molecule has 1 aromatic heterocycles. The molecule has 1 heterocycles. The van der Waals surface area contributed by atoms with Crippen molar-refractivity contribution in [2.45, 2.75) is 6.61 Å². The number of nitrogens with one attached hydrogen (secondary N) is 2. The lowest BCUT2D eigenvalue weighted by Crippen LogP contribution is -2.31. The van der Waals surface area contributed by atoms with Crippen LogP contribution in [0.15, 0.2) is 48.7 Å². The zero-order chi connectivity index (χ0) is 12.8. The molecule has 2 rings (SSSR count). The van der Waals surface area contributed by atoms with E-state index in [4.69, 9.17) is 4.74 Å². The van der Waals surface area contributed by atoms with Gasteiger partial charge in [-0.05, 0) is 17.7 Å². The smallest absolute Gasteiger partial charge is 0.414 e. The van der Waals surface area contributed by atoms with E-state index in [2.05, 4.69) is 10.3 Å². The van der Waals surface area contributed by atoms with Gasteiger partial charge < -0.3 is 9.72 Å². The van der Waals surface area contributed by atoms with E-state index in [1.165, 1.54) is 0 Å². The van der Waals surface area contributed by atoms with Gasteiger partial charge in [0.25, 0.3) is 5.91 Å². The monoisotopic (exact) mass is 244 g/mol. The number of carbonyl (C=O) groups is 2. The predicted molar refractivity (Wildman–Crippen MR) is 64.9 cm³/mol. The molecule has 0 unspecified atom stereocenters. The van der Waals surface area contributed by atoms with Crippen molar-refractivity contribution in [2.24, 2.45) is 0 Å². The van der Waals surface area contributed by atoms with Crippen molar-refractivity contribution in [3.63, 3.8) is 0 Å². The van der Waals surface area contributed by atoms with Crippen LogP contribution in [0.5, 0.6) is 0 Å². The third kappa shape index (κ3) is 3.21. The predicted octanol–water partition coefficient (Wildman–Crippen LogP) is 2.08. The summed E-state index contributed by atoms with van der Waals surface area (Å²) in [7, 11) is 0. The number of imide groups is 1. The fourth-order valence-corrected chi connectivity index (χ4v) is 1.39. The first-order valence-corrected chi connectivity index (χ1v) is 5.41. The second-order valence-corrected chi connectivity index (χ2v) is 3.60. The van der Waals surface area contributed by atoms with Crippen LogP contribution in [0.1, 0.15) is 16.1 Å². The molecule has 0 spiro atoms. The molecule has 0 saturated carbocycles. The Labute approximate surface area is 104 Å². The lowest BCUT2D eigenvalue weighted by atomic mass is 10.2. The number of aromatic nitrogens is 1. The minimum Gasteiger partial charge on any atom is -0.444 e. The lowest BCUT2D eigenvalue weighted by molar-refractivity contribution is 0.0908. The first kappa shape index (κ1) is 11.9. The van der Waals surface area contributed by atoms with E-state index < -0.39 is 12.0 Å². The number of amides is 2. The van der Waals surface area contributed by atoms with Gasteiger partial charge in [-0.2, -0.15) is 0 Å². The number of ether oxygens (including phenoxy) is 1. The molecule has 0 fully saturated rings. The van der Waals surface area contributed by atoms with E-state index in [0.717, 1.165) is 5.56 Å². The van der Waals surface area contributed by atoms with Gasteiger partial charge in [-0.1, -0.05) is 30.3 Å². The molecular formula is C13H12N2O3. The number of carbonyl (C=O) groups excluding carboxylic acids is 2. The van der Waals surface area contributed by atoms with Crippen molar-refractivity contribution in [1.82, 2.24) is 10.3 Å². The van der Waals surface area contributed by atoms with E-state index in [1.54, 1.807) is 18.3 Å². The van der Waals surface area contributed by atoms with Crippen LogP contribution in [0, 0.1) is 0 Å². The minimum absolute atomic E-state index is 0.130. The van der Waals surface area contributed by atoms with Gasteiger partial charge in [-0.15, -0.1) is 0 Å². The Morgan fingerprint density at radius 3 is 2.56 bits per heavy atom. The minimum atomic E-state index is -0.765. The maximum atomic E-state index is 11.5. The molecule has 92 valence electrons. The zero-order valence-corrected chi connectivity index (χ0v) is 9.55. The number of benzene rings is 1. The van der Waals surface area contributed by atoms with Crippen LogP contribution >= 0.6 is 0 Å². The third-order valence-electron chi connectivity index (χ3n) is 2.27. The van der Waals surface area contributed by atoms with Crippen LogP contribution in [0.2, 0.25) is 0 Å². The summed E-state index contributed by atoms with van der Waals surface area (Å²) in [4.78, 5) is 25.5. The van der Waals surface area contributed by atoms with Crippen molar-refractivity contribution in [3.8, 4) is 0 Å². The quantitative estimate of drug-likeness (QED) is 0.868. The maximum Gasteiger partial charge on any atom is 0.414 e. The summed E-state index contributed by atoms with van der Waals surface area (Å²) in [5.41, 5.74) is 1.17. The Kier molecular flexibility index (Phi) is 3.76. The molecular weight excluding hydrogens is 232 g/mol. The molecule has 0 bridgehead atoms. The number of aromatic amines is 1. The van der Waals surface area contributed by atoms with Gasteiger partial charge in [0.1, 0.15) is 12.3 Å². The van der Waals surface area contributed by atoms with Gasteiger partial charge in [0, 0.05) is 6.20 Å². The Morgan fingerprint density at radius 1 is 1.11 bits per heavy atom. The Balaban J connectivity index is 1.81. The van der Waals surface area contributed by atoms with Gasteiger partial charge in [-0.25, -0.2) is 4.79 Å². The summed E-state index contributed by atoms with van der Waals surface area (Å²) in [6, 6.07) is 12.5. The largest absolute Gasteiger partial charge is 0.444 e. The average Bonchev–Trinajstić information content (AvgIpc) is 2.91. The highest BCUT2D eigenvalue weighted by Crippen LogP contribution is 2.01. The molecule has 0 aliphatic heterocycles. The molecule has 5 nitrogen and oxygen atoms in total. The highest BCUT2D eigenvalue weighted by Gasteiger charge is 2.11. The molecule has 2 aromatic rings. The van der Waals surface area contributed by atoms with E-state index >= 15 is 0 Å². The first-order valence-electron chi connectivity index (χ1n) is 5.41. The molecule has 0 aliphatic rings. The normalized spacial score (nSPS) is 9.78. The van der Waals surface area contributed by atoms with Gasteiger partial charge >= 0.3 is 6.09 Å². The summed E-state index contributed by atoms with van der Waals surface area (Å²) >= 11 is 0. The molecule has 0 atom stereocenters.